The van der Waals surface area contributed by atoms with E-state index in [2.05, 4.69) is 84.3 Å². The van der Waals surface area contributed by atoms with Gasteiger partial charge < -0.3 is 4.57 Å². The lowest BCUT2D eigenvalue weighted by molar-refractivity contribution is 0.631. The Morgan fingerprint density at radius 3 is 1.69 bits per heavy atom. The van der Waals surface area contributed by atoms with Gasteiger partial charge in [0.15, 0.2) is 17.5 Å². The second-order valence-corrected chi connectivity index (χ2v) is 12.7. The van der Waals surface area contributed by atoms with E-state index < -0.39 is 0 Å². The minimum absolute atomic E-state index is 0.279. The standard InChI is InChI=1S/C46H31FN4/c1-30-20-22-31(23-21-30)34-25-27-42-39(28-34)37-17-9-11-19-41(37)51(42)43-29-35(36-16-8-10-18-40(36)47)24-26-38(43)46-49-44(32-12-4-2-5-13-32)48-45(50-46)33-14-6-3-7-15-33/h2-29H,1H3. The molecule has 4 nitrogen and oxygen atoms in total. The van der Waals surface area contributed by atoms with E-state index in [1.54, 1.807) is 6.07 Å². The van der Waals surface area contributed by atoms with Crippen LogP contribution in [0.2, 0.25) is 0 Å². The van der Waals surface area contributed by atoms with Crippen LogP contribution < -0.4 is 0 Å². The van der Waals surface area contributed by atoms with E-state index in [9.17, 15) is 0 Å². The molecule has 51 heavy (non-hydrogen) atoms. The summed E-state index contributed by atoms with van der Waals surface area (Å²) in [5.41, 5.74) is 10.3. The number of hydrogen-bond donors (Lipinski definition) is 0. The van der Waals surface area contributed by atoms with E-state index in [4.69, 9.17) is 15.0 Å². The molecule has 0 amide bonds. The van der Waals surface area contributed by atoms with Crippen molar-refractivity contribution >= 4 is 21.8 Å². The molecule has 0 aliphatic heterocycles. The molecule has 5 heteroatoms. The third-order valence-corrected chi connectivity index (χ3v) is 9.42. The first-order valence-electron chi connectivity index (χ1n) is 17.0. The second-order valence-electron chi connectivity index (χ2n) is 12.7. The normalized spacial score (nSPS) is 11.3. The molecular formula is C46H31FN4. The smallest absolute Gasteiger partial charge is 0.166 e. The molecule has 9 aromatic rings. The Morgan fingerprint density at radius 2 is 0.980 bits per heavy atom. The fourth-order valence-electron chi connectivity index (χ4n) is 6.86. The molecule has 242 valence electrons. The molecule has 0 spiro atoms. The highest BCUT2D eigenvalue weighted by Gasteiger charge is 2.21. The molecule has 0 unspecified atom stereocenters. The zero-order valence-electron chi connectivity index (χ0n) is 27.8. The first-order chi connectivity index (χ1) is 25.1. The zero-order chi connectivity index (χ0) is 34.3. The molecular weight excluding hydrogens is 628 g/mol. The molecule has 2 aromatic heterocycles. The third-order valence-electron chi connectivity index (χ3n) is 9.42. The number of nitrogens with zero attached hydrogens (tertiary/aromatic N) is 4. The van der Waals surface area contributed by atoms with Gasteiger partial charge in [-0.1, -0.05) is 139 Å². The lowest BCUT2D eigenvalue weighted by Crippen LogP contribution is -2.04. The number of benzene rings is 7. The number of hydrogen-bond acceptors (Lipinski definition) is 3. The summed E-state index contributed by atoms with van der Waals surface area (Å²) < 4.78 is 17.6. The highest BCUT2D eigenvalue weighted by atomic mass is 19.1. The van der Waals surface area contributed by atoms with E-state index in [0.29, 0.717) is 23.0 Å². The van der Waals surface area contributed by atoms with Gasteiger partial charge in [-0.25, -0.2) is 19.3 Å². The summed E-state index contributed by atoms with van der Waals surface area (Å²) in [6.45, 7) is 2.10. The maximum absolute atomic E-state index is 15.4. The molecule has 0 saturated carbocycles. The molecule has 0 aliphatic carbocycles. The number of fused-ring (bicyclic) bond motifs is 3. The van der Waals surface area contributed by atoms with Crippen LogP contribution in [-0.2, 0) is 0 Å². The van der Waals surface area contributed by atoms with Crippen LogP contribution >= 0.6 is 0 Å². The molecule has 2 heterocycles. The fourth-order valence-corrected chi connectivity index (χ4v) is 6.86. The van der Waals surface area contributed by atoms with Gasteiger partial charge in [0, 0.05) is 33.0 Å². The van der Waals surface area contributed by atoms with Crippen molar-refractivity contribution in [2.75, 3.05) is 0 Å². The van der Waals surface area contributed by atoms with Gasteiger partial charge in [0.1, 0.15) is 5.82 Å². The maximum Gasteiger partial charge on any atom is 0.166 e. The van der Waals surface area contributed by atoms with Crippen LogP contribution in [0.1, 0.15) is 5.56 Å². The molecule has 0 saturated heterocycles. The first kappa shape index (κ1) is 30.3. The van der Waals surface area contributed by atoms with Crippen LogP contribution in [0.4, 0.5) is 4.39 Å². The van der Waals surface area contributed by atoms with Crippen molar-refractivity contribution in [3.8, 4) is 62.1 Å². The van der Waals surface area contributed by atoms with Gasteiger partial charge in [0.25, 0.3) is 0 Å². The van der Waals surface area contributed by atoms with Gasteiger partial charge in [-0.3, -0.25) is 0 Å². The Balaban J connectivity index is 1.34. The van der Waals surface area contributed by atoms with E-state index in [0.717, 1.165) is 60.9 Å². The average molecular weight is 659 g/mol. The molecule has 0 radical (unpaired) electrons. The van der Waals surface area contributed by atoms with Gasteiger partial charge in [0.2, 0.25) is 0 Å². The minimum Gasteiger partial charge on any atom is -0.308 e. The predicted octanol–water partition coefficient (Wildman–Crippen LogP) is 11.8. The predicted molar refractivity (Wildman–Crippen MR) is 206 cm³/mol. The SMILES string of the molecule is Cc1ccc(-c2ccc3c(c2)c2ccccc2n3-c2cc(-c3ccccc3F)ccc2-c2nc(-c3ccccc3)nc(-c3ccccc3)n2)cc1. The third kappa shape index (κ3) is 5.55. The Kier molecular flexibility index (Phi) is 7.51. The monoisotopic (exact) mass is 658 g/mol. The molecule has 0 aliphatic rings. The molecule has 9 rings (SSSR count). The van der Waals surface area contributed by atoms with Crippen molar-refractivity contribution in [2.24, 2.45) is 0 Å². The average Bonchev–Trinajstić information content (AvgIpc) is 3.52. The number of aromatic nitrogens is 4. The minimum atomic E-state index is -0.279. The molecule has 0 N–H and O–H groups in total. The summed E-state index contributed by atoms with van der Waals surface area (Å²) in [4.78, 5) is 15.1. The Hall–Kier alpha value is -6.72. The Labute approximate surface area is 295 Å². The van der Waals surface area contributed by atoms with Gasteiger partial charge in [-0.05, 0) is 60.0 Å². The topological polar surface area (TPSA) is 43.6 Å². The van der Waals surface area contributed by atoms with E-state index in [1.165, 1.54) is 11.6 Å². The lowest BCUT2D eigenvalue weighted by Gasteiger charge is -2.17. The van der Waals surface area contributed by atoms with E-state index >= 15 is 4.39 Å². The van der Waals surface area contributed by atoms with Crippen molar-refractivity contribution in [3.63, 3.8) is 0 Å². The van der Waals surface area contributed by atoms with E-state index in [1.807, 2.05) is 84.9 Å². The molecule has 7 aromatic carbocycles. The Morgan fingerprint density at radius 1 is 0.412 bits per heavy atom. The van der Waals surface area contributed by atoms with Crippen LogP contribution in [0, 0.1) is 12.7 Å². The van der Waals surface area contributed by atoms with Crippen LogP contribution in [-0.4, -0.2) is 19.5 Å². The zero-order valence-corrected chi connectivity index (χ0v) is 27.8. The van der Waals surface area contributed by atoms with Crippen molar-refractivity contribution in [2.45, 2.75) is 6.92 Å². The highest BCUT2D eigenvalue weighted by Crippen LogP contribution is 2.40. The number of para-hydroxylation sites is 1. The summed E-state index contributed by atoms with van der Waals surface area (Å²) in [6, 6.07) is 56.5. The van der Waals surface area contributed by atoms with Gasteiger partial charge in [0.05, 0.1) is 16.7 Å². The number of aryl methyl sites for hydroxylation is 1. The summed E-state index contributed by atoms with van der Waals surface area (Å²) in [5.74, 6) is 1.40. The van der Waals surface area contributed by atoms with Crippen molar-refractivity contribution in [3.05, 3.63) is 181 Å². The first-order valence-corrected chi connectivity index (χ1v) is 17.0. The second kappa shape index (κ2) is 12.6. The number of rotatable bonds is 6. The summed E-state index contributed by atoms with van der Waals surface area (Å²) in [7, 11) is 0. The maximum atomic E-state index is 15.4. The van der Waals surface area contributed by atoms with Crippen molar-refractivity contribution in [1.29, 1.82) is 0 Å². The molecule has 0 bridgehead atoms. The number of halogens is 1. The summed E-state index contributed by atoms with van der Waals surface area (Å²) in [5, 5.41) is 2.24. The van der Waals surface area contributed by atoms with Crippen LogP contribution in [0.3, 0.4) is 0 Å². The largest absolute Gasteiger partial charge is 0.308 e. The van der Waals surface area contributed by atoms with Crippen molar-refractivity contribution < 1.29 is 4.39 Å². The summed E-state index contributed by atoms with van der Waals surface area (Å²) >= 11 is 0. The molecule has 0 atom stereocenters. The quantitative estimate of drug-likeness (QED) is 0.179. The van der Waals surface area contributed by atoms with Crippen molar-refractivity contribution in [1.82, 2.24) is 19.5 Å². The van der Waals surface area contributed by atoms with Crippen LogP contribution in [0.15, 0.2) is 170 Å². The van der Waals surface area contributed by atoms with Crippen LogP contribution in [0.25, 0.3) is 83.9 Å². The van der Waals surface area contributed by atoms with Gasteiger partial charge >= 0.3 is 0 Å². The Bertz CT molecular complexity index is 2640. The highest BCUT2D eigenvalue weighted by molar-refractivity contribution is 6.11. The fraction of sp³-hybridized carbons (Fsp3) is 0.0217. The lowest BCUT2D eigenvalue weighted by atomic mass is 10.0. The van der Waals surface area contributed by atoms with E-state index in [-0.39, 0.29) is 5.82 Å². The van der Waals surface area contributed by atoms with Gasteiger partial charge in [-0.2, -0.15) is 0 Å². The summed E-state index contributed by atoms with van der Waals surface area (Å²) in [6.07, 6.45) is 0. The van der Waals surface area contributed by atoms with Gasteiger partial charge in [-0.15, -0.1) is 0 Å². The molecule has 0 fully saturated rings. The van der Waals surface area contributed by atoms with Crippen LogP contribution in [0.5, 0.6) is 0 Å².